The standard InChI is InChI=1S/C16H19ClN2O2/c1-10-6-13(17)7-11(2)15(10)21-8-14(20)19-16(3,9-18)12-4-5-12/h6-7,12H,4-5,8H2,1-3H3,(H,19,20). The van der Waals surface area contributed by atoms with Crippen molar-refractivity contribution in [1.29, 1.82) is 5.26 Å². The number of hydrogen-bond donors (Lipinski definition) is 1. The molecule has 1 fully saturated rings. The number of nitrogens with one attached hydrogen (secondary N) is 1. The van der Waals surface area contributed by atoms with Gasteiger partial charge in [0, 0.05) is 5.02 Å². The van der Waals surface area contributed by atoms with Gasteiger partial charge in [-0.3, -0.25) is 4.79 Å². The summed E-state index contributed by atoms with van der Waals surface area (Å²) in [5.74, 6) is 0.643. The first-order valence-corrected chi connectivity index (χ1v) is 7.35. The van der Waals surface area contributed by atoms with Crippen molar-refractivity contribution in [2.75, 3.05) is 6.61 Å². The fourth-order valence-corrected chi connectivity index (χ4v) is 2.80. The Morgan fingerprint density at radius 3 is 2.52 bits per heavy atom. The van der Waals surface area contributed by atoms with Crippen LogP contribution in [-0.2, 0) is 4.79 Å². The number of halogens is 1. The summed E-state index contributed by atoms with van der Waals surface area (Å²) in [4.78, 5) is 12.0. The zero-order valence-electron chi connectivity index (χ0n) is 12.5. The van der Waals surface area contributed by atoms with Gasteiger partial charge >= 0.3 is 0 Å². The summed E-state index contributed by atoms with van der Waals surface area (Å²) >= 11 is 5.96. The number of carbonyl (C=O) groups is 1. The van der Waals surface area contributed by atoms with Gasteiger partial charge in [-0.1, -0.05) is 11.6 Å². The van der Waals surface area contributed by atoms with Gasteiger partial charge in [-0.15, -0.1) is 0 Å². The Morgan fingerprint density at radius 1 is 1.48 bits per heavy atom. The van der Waals surface area contributed by atoms with Crippen molar-refractivity contribution in [1.82, 2.24) is 5.32 Å². The van der Waals surface area contributed by atoms with E-state index in [4.69, 9.17) is 16.3 Å². The van der Waals surface area contributed by atoms with Crippen LogP contribution in [0.25, 0.3) is 0 Å². The Bertz CT molecular complexity index is 582. The van der Waals surface area contributed by atoms with Crippen LogP contribution in [0, 0.1) is 31.1 Å². The topological polar surface area (TPSA) is 62.1 Å². The summed E-state index contributed by atoms with van der Waals surface area (Å²) < 4.78 is 5.59. The molecule has 1 aliphatic rings. The van der Waals surface area contributed by atoms with Gasteiger partial charge < -0.3 is 10.1 Å². The van der Waals surface area contributed by atoms with Gasteiger partial charge in [-0.25, -0.2) is 0 Å². The maximum atomic E-state index is 12.0. The van der Waals surface area contributed by atoms with Crippen LogP contribution < -0.4 is 10.1 Å². The van der Waals surface area contributed by atoms with Crippen LogP contribution in [0.15, 0.2) is 12.1 Å². The van der Waals surface area contributed by atoms with Gasteiger partial charge in [0.05, 0.1) is 6.07 Å². The van der Waals surface area contributed by atoms with E-state index < -0.39 is 5.54 Å². The summed E-state index contributed by atoms with van der Waals surface area (Å²) in [6, 6.07) is 5.79. The molecule has 2 rings (SSSR count). The molecule has 1 N–H and O–H groups in total. The summed E-state index contributed by atoms with van der Waals surface area (Å²) in [5, 5.41) is 12.6. The van der Waals surface area contributed by atoms with Gasteiger partial charge in [0.2, 0.25) is 0 Å². The molecule has 0 saturated heterocycles. The van der Waals surface area contributed by atoms with Crippen LogP contribution in [-0.4, -0.2) is 18.1 Å². The molecule has 1 unspecified atom stereocenters. The lowest BCUT2D eigenvalue weighted by atomic mass is 9.98. The van der Waals surface area contributed by atoms with E-state index in [0.29, 0.717) is 10.8 Å². The predicted molar refractivity (Wildman–Crippen MR) is 81.3 cm³/mol. The highest BCUT2D eigenvalue weighted by atomic mass is 35.5. The summed E-state index contributed by atoms with van der Waals surface area (Å²) in [6.45, 7) is 5.43. The minimum absolute atomic E-state index is 0.104. The molecular weight excluding hydrogens is 288 g/mol. The van der Waals surface area contributed by atoms with E-state index in [0.717, 1.165) is 24.0 Å². The monoisotopic (exact) mass is 306 g/mol. The van der Waals surface area contributed by atoms with Gasteiger partial charge in [-0.2, -0.15) is 5.26 Å². The third kappa shape index (κ3) is 3.68. The van der Waals surface area contributed by atoms with E-state index >= 15 is 0 Å². The first-order valence-electron chi connectivity index (χ1n) is 6.97. The van der Waals surface area contributed by atoms with Crippen molar-refractivity contribution in [3.8, 4) is 11.8 Å². The highest BCUT2D eigenvalue weighted by molar-refractivity contribution is 6.30. The van der Waals surface area contributed by atoms with E-state index in [1.54, 1.807) is 19.1 Å². The Kier molecular flexibility index (Phi) is 4.43. The molecule has 0 spiro atoms. The average Bonchev–Trinajstić information content (AvgIpc) is 3.21. The molecule has 0 aromatic heterocycles. The smallest absolute Gasteiger partial charge is 0.259 e. The van der Waals surface area contributed by atoms with Crippen LogP contribution in [0.3, 0.4) is 0 Å². The van der Waals surface area contributed by atoms with E-state index in [-0.39, 0.29) is 18.4 Å². The fourth-order valence-electron chi connectivity index (χ4n) is 2.47. The summed E-state index contributed by atoms with van der Waals surface area (Å²) in [6.07, 6.45) is 1.97. The van der Waals surface area contributed by atoms with Crippen molar-refractivity contribution < 1.29 is 9.53 Å². The molecule has 112 valence electrons. The Morgan fingerprint density at radius 2 is 2.05 bits per heavy atom. The lowest BCUT2D eigenvalue weighted by Crippen LogP contribution is -2.48. The van der Waals surface area contributed by atoms with Gasteiger partial charge in [0.15, 0.2) is 6.61 Å². The lowest BCUT2D eigenvalue weighted by Gasteiger charge is -2.23. The third-order valence-electron chi connectivity index (χ3n) is 3.80. The number of ether oxygens (including phenoxy) is 1. The average molecular weight is 307 g/mol. The predicted octanol–water partition coefficient (Wildman–Crippen LogP) is 3.14. The molecule has 1 saturated carbocycles. The van der Waals surface area contributed by atoms with Crippen molar-refractivity contribution in [3.05, 3.63) is 28.3 Å². The van der Waals surface area contributed by atoms with Crippen LogP contribution in [0.2, 0.25) is 5.02 Å². The molecular formula is C16H19ClN2O2. The minimum Gasteiger partial charge on any atom is -0.483 e. The largest absolute Gasteiger partial charge is 0.483 e. The normalized spacial score (nSPS) is 16.7. The number of hydrogen-bond acceptors (Lipinski definition) is 3. The number of nitriles is 1. The van der Waals surface area contributed by atoms with Crippen molar-refractivity contribution in [2.45, 2.75) is 39.2 Å². The van der Waals surface area contributed by atoms with E-state index in [1.165, 1.54) is 0 Å². The van der Waals surface area contributed by atoms with Crippen LogP contribution in [0.5, 0.6) is 5.75 Å². The molecule has 1 amide bonds. The molecule has 1 atom stereocenters. The second-order valence-electron chi connectivity index (χ2n) is 5.79. The Balaban J connectivity index is 1.97. The number of aryl methyl sites for hydroxylation is 2. The first-order chi connectivity index (χ1) is 9.85. The second-order valence-corrected chi connectivity index (χ2v) is 6.23. The van der Waals surface area contributed by atoms with E-state index in [9.17, 15) is 10.1 Å². The van der Waals surface area contributed by atoms with Crippen LogP contribution in [0.4, 0.5) is 0 Å². The minimum atomic E-state index is -0.787. The number of carbonyl (C=O) groups excluding carboxylic acids is 1. The number of amides is 1. The summed E-state index contributed by atoms with van der Waals surface area (Å²) in [5.41, 5.74) is 0.987. The quantitative estimate of drug-likeness (QED) is 0.909. The molecule has 5 heteroatoms. The molecule has 0 heterocycles. The molecule has 21 heavy (non-hydrogen) atoms. The van der Waals surface area contributed by atoms with Gasteiger partial charge in [0.1, 0.15) is 11.3 Å². The molecule has 0 aliphatic heterocycles. The fraction of sp³-hybridized carbons (Fsp3) is 0.500. The number of benzene rings is 1. The zero-order chi connectivity index (χ0) is 15.6. The highest BCUT2D eigenvalue weighted by Crippen LogP contribution is 2.39. The number of nitrogens with zero attached hydrogens (tertiary/aromatic N) is 1. The van der Waals surface area contributed by atoms with Gasteiger partial charge in [0.25, 0.3) is 5.91 Å². The van der Waals surface area contributed by atoms with Crippen molar-refractivity contribution >= 4 is 17.5 Å². The van der Waals surface area contributed by atoms with Gasteiger partial charge in [-0.05, 0) is 62.8 Å². The molecule has 0 bridgehead atoms. The van der Waals surface area contributed by atoms with Crippen LogP contribution >= 0.6 is 11.6 Å². The molecule has 1 aromatic carbocycles. The van der Waals surface area contributed by atoms with Crippen molar-refractivity contribution in [2.24, 2.45) is 5.92 Å². The maximum absolute atomic E-state index is 12.0. The Labute approximate surface area is 130 Å². The first kappa shape index (κ1) is 15.7. The van der Waals surface area contributed by atoms with Crippen LogP contribution in [0.1, 0.15) is 30.9 Å². The number of rotatable bonds is 5. The SMILES string of the molecule is Cc1cc(Cl)cc(C)c1OCC(=O)NC(C)(C#N)C1CC1. The molecule has 0 radical (unpaired) electrons. The third-order valence-corrected chi connectivity index (χ3v) is 4.02. The summed E-state index contributed by atoms with van der Waals surface area (Å²) in [7, 11) is 0. The Hall–Kier alpha value is -1.73. The van der Waals surface area contributed by atoms with E-state index in [1.807, 2.05) is 13.8 Å². The van der Waals surface area contributed by atoms with E-state index in [2.05, 4.69) is 11.4 Å². The maximum Gasteiger partial charge on any atom is 0.259 e. The lowest BCUT2D eigenvalue weighted by molar-refractivity contribution is -0.124. The molecule has 1 aromatic rings. The van der Waals surface area contributed by atoms with Crippen molar-refractivity contribution in [3.63, 3.8) is 0 Å². The second kappa shape index (κ2) is 5.95. The highest BCUT2D eigenvalue weighted by Gasteiger charge is 2.43. The zero-order valence-corrected chi connectivity index (χ0v) is 13.3. The molecule has 4 nitrogen and oxygen atoms in total. The molecule has 1 aliphatic carbocycles.